The molecule has 1 unspecified atom stereocenters. The van der Waals surface area contributed by atoms with Crippen LogP contribution < -0.4 is 4.74 Å². The Morgan fingerprint density at radius 1 is 1.19 bits per heavy atom. The summed E-state index contributed by atoms with van der Waals surface area (Å²) in [5, 5.41) is 9.79. The Bertz CT molecular complexity index is 749. The van der Waals surface area contributed by atoms with Crippen molar-refractivity contribution in [3.05, 3.63) is 70.3 Å². The van der Waals surface area contributed by atoms with Crippen LogP contribution in [-0.4, -0.2) is 17.2 Å². The highest BCUT2D eigenvalue weighted by atomic mass is 35.5. The molecule has 0 bridgehead atoms. The number of aromatic carboxylic acids is 1. The monoisotopic (exact) mass is 300 g/mol. The molecule has 1 N–H and O–H groups in total. The maximum atomic E-state index is 11.2. The zero-order valence-electron chi connectivity index (χ0n) is 11.3. The van der Waals surface area contributed by atoms with E-state index in [2.05, 4.69) is 0 Å². The van der Waals surface area contributed by atoms with E-state index in [0.29, 0.717) is 10.8 Å². The van der Waals surface area contributed by atoms with Gasteiger partial charge in [0.2, 0.25) is 0 Å². The molecular formula is C17H13ClO3. The Kier molecular flexibility index (Phi) is 3.43. The van der Waals surface area contributed by atoms with Gasteiger partial charge in [-0.3, -0.25) is 0 Å². The minimum atomic E-state index is -0.963. The van der Waals surface area contributed by atoms with Gasteiger partial charge in [0.15, 0.2) is 0 Å². The second-order valence-corrected chi connectivity index (χ2v) is 5.31. The molecule has 2 aromatic carbocycles. The van der Waals surface area contributed by atoms with Crippen LogP contribution in [-0.2, 0) is 0 Å². The zero-order valence-corrected chi connectivity index (χ0v) is 12.1. The Hall–Kier alpha value is -2.26. The smallest absolute Gasteiger partial charge is 0.335 e. The third-order valence-corrected chi connectivity index (χ3v) is 3.72. The first-order valence-corrected chi connectivity index (χ1v) is 6.95. The minimum Gasteiger partial charge on any atom is -0.486 e. The van der Waals surface area contributed by atoms with Crippen LogP contribution >= 0.6 is 11.6 Å². The van der Waals surface area contributed by atoms with Gasteiger partial charge >= 0.3 is 5.97 Å². The van der Waals surface area contributed by atoms with Crippen LogP contribution in [0.3, 0.4) is 0 Å². The van der Waals surface area contributed by atoms with Gasteiger partial charge in [0.1, 0.15) is 11.9 Å². The predicted molar refractivity (Wildman–Crippen MR) is 82.0 cm³/mol. The number of rotatable bonds is 2. The maximum absolute atomic E-state index is 11.2. The molecule has 1 aliphatic rings. The largest absolute Gasteiger partial charge is 0.486 e. The van der Waals surface area contributed by atoms with E-state index >= 15 is 0 Å². The average molecular weight is 301 g/mol. The molecule has 0 aromatic heterocycles. The van der Waals surface area contributed by atoms with Gasteiger partial charge in [0.05, 0.1) is 5.56 Å². The SMILES string of the molecule is CC1C=C(c2ccccc2Cl)c2cc(C(=O)O)ccc2O1. The second kappa shape index (κ2) is 5.26. The highest BCUT2D eigenvalue weighted by Gasteiger charge is 2.22. The maximum Gasteiger partial charge on any atom is 0.335 e. The van der Waals surface area contributed by atoms with E-state index in [1.807, 2.05) is 37.3 Å². The molecule has 1 aliphatic heterocycles. The quantitative estimate of drug-likeness (QED) is 0.902. The van der Waals surface area contributed by atoms with E-state index < -0.39 is 5.97 Å². The molecular weight excluding hydrogens is 288 g/mol. The van der Waals surface area contributed by atoms with E-state index in [1.165, 1.54) is 0 Å². The summed E-state index contributed by atoms with van der Waals surface area (Å²) in [5.41, 5.74) is 2.75. The summed E-state index contributed by atoms with van der Waals surface area (Å²) in [4.78, 5) is 11.2. The summed E-state index contributed by atoms with van der Waals surface area (Å²) in [6, 6.07) is 12.4. The number of fused-ring (bicyclic) bond motifs is 1. The fraction of sp³-hybridized carbons (Fsp3) is 0.118. The van der Waals surface area contributed by atoms with E-state index in [0.717, 1.165) is 16.7 Å². The van der Waals surface area contributed by atoms with Gasteiger partial charge in [-0.25, -0.2) is 4.79 Å². The molecule has 0 radical (unpaired) electrons. The van der Waals surface area contributed by atoms with Crippen LogP contribution in [0.5, 0.6) is 5.75 Å². The van der Waals surface area contributed by atoms with Crippen molar-refractivity contribution in [3.63, 3.8) is 0 Å². The first kappa shape index (κ1) is 13.7. The highest BCUT2D eigenvalue weighted by molar-refractivity contribution is 6.32. The summed E-state index contributed by atoms with van der Waals surface area (Å²) >= 11 is 6.28. The van der Waals surface area contributed by atoms with E-state index in [1.54, 1.807) is 18.2 Å². The van der Waals surface area contributed by atoms with Gasteiger partial charge in [-0.15, -0.1) is 0 Å². The van der Waals surface area contributed by atoms with Crippen LogP contribution in [0.1, 0.15) is 28.4 Å². The molecule has 3 rings (SSSR count). The number of halogens is 1. The van der Waals surface area contributed by atoms with Gasteiger partial charge in [0.25, 0.3) is 0 Å². The molecule has 0 aliphatic carbocycles. The lowest BCUT2D eigenvalue weighted by Crippen LogP contribution is -2.16. The van der Waals surface area contributed by atoms with Crippen molar-refractivity contribution in [3.8, 4) is 5.75 Å². The number of benzene rings is 2. The first-order valence-electron chi connectivity index (χ1n) is 6.57. The number of hydrogen-bond acceptors (Lipinski definition) is 2. The Morgan fingerprint density at radius 3 is 2.67 bits per heavy atom. The van der Waals surface area contributed by atoms with Crippen molar-refractivity contribution < 1.29 is 14.6 Å². The van der Waals surface area contributed by atoms with Crippen molar-refractivity contribution in [2.75, 3.05) is 0 Å². The van der Waals surface area contributed by atoms with E-state index in [4.69, 9.17) is 21.4 Å². The molecule has 106 valence electrons. The molecule has 2 aromatic rings. The molecule has 4 heteroatoms. The van der Waals surface area contributed by atoms with E-state index in [-0.39, 0.29) is 11.7 Å². The number of carboxylic acid groups (broad SMARTS) is 1. The Labute approximate surface area is 127 Å². The van der Waals surface area contributed by atoms with Crippen LogP contribution in [0.4, 0.5) is 0 Å². The summed E-state index contributed by atoms with van der Waals surface area (Å²) in [6.07, 6.45) is 1.86. The lowest BCUT2D eigenvalue weighted by Gasteiger charge is -2.24. The highest BCUT2D eigenvalue weighted by Crippen LogP contribution is 2.38. The van der Waals surface area contributed by atoms with Crippen molar-refractivity contribution in [1.29, 1.82) is 0 Å². The van der Waals surface area contributed by atoms with Gasteiger partial charge in [-0.05, 0) is 42.8 Å². The number of carboxylic acids is 1. The predicted octanol–water partition coefficient (Wildman–Crippen LogP) is 4.25. The van der Waals surface area contributed by atoms with Crippen molar-refractivity contribution >= 4 is 23.1 Å². The average Bonchev–Trinajstić information content (AvgIpc) is 2.46. The topological polar surface area (TPSA) is 46.5 Å². The minimum absolute atomic E-state index is 0.0977. The molecule has 1 heterocycles. The second-order valence-electron chi connectivity index (χ2n) is 4.90. The summed E-state index contributed by atoms with van der Waals surface area (Å²) in [6.45, 7) is 1.94. The summed E-state index contributed by atoms with van der Waals surface area (Å²) in [7, 11) is 0. The lowest BCUT2D eigenvalue weighted by atomic mass is 9.92. The number of ether oxygens (including phenoxy) is 1. The molecule has 1 atom stereocenters. The Balaban J connectivity index is 2.20. The summed E-state index contributed by atoms with van der Waals surface area (Å²) < 4.78 is 5.75. The number of carbonyl (C=O) groups is 1. The Morgan fingerprint density at radius 2 is 1.95 bits per heavy atom. The van der Waals surface area contributed by atoms with Gasteiger partial charge in [0, 0.05) is 16.1 Å². The van der Waals surface area contributed by atoms with Crippen LogP contribution in [0.15, 0.2) is 48.5 Å². The normalized spacial score (nSPS) is 16.7. The molecule has 0 spiro atoms. The van der Waals surface area contributed by atoms with Crippen LogP contribution in [0.2, 0.25) is 5.02 Å². The molecule has 0 saturated carbocycles. The van der Waals surface area contributed by atoms with Gasteiger partial charge < -0.3 is 9.84 Å². The standard InChI is InChI=1S/C17H13ClO3/c1-10-8-13(12-4-2-3-5-15(12)18)14-9-11(17(19)20)6-7-16(14)21-10/h2-10H,1H3,(H,19,20). The third kappa shape index (κ3) is 2.52. The molecule has 0 fully saturated rings. The van der Waals surface area contributed by atoms with Crippen molar-refractivity contribution in [2.24, 2.45) is 0 Å². The van der Waals surface area contributed by atoms with Crippen LogP contribution in [0, 0.1) is 0 Å². The molecule has 3 nitrogen and oxygen atoms in total. The number of hydrogen-bond donors (Lipinski definition) is 1. The lowest BCUT2D eigenvalue weighted by molar-refractivity contribution is 0.0697. The van der Waals surface area contributed by atoms with Gasteiger partial charge in [-0.2, -0.15) is 0 Å². The van der Waals surface area contributed by atoms with Crippen LogP contribution in [0.25, 0.3) is 5.57 Å². The van der Waals surface area contributed by atoms with Crippen molar-refractivity contribution in [2.45, 2.75) is 13.0 Å². The summed E-state index contributed by atoms with van der Waals surface area (Å²) in [5.74, 6) is -0.292. The molecule has 0 saturated heterocycles. The fourth-order valence-electron chi connectivity index (χ4n) is 2.45. The van der Waals surface area contributed by atoms with Crippen molar-refractivity contribution in [1.82, 2.24) is 0 Å². The fourth-order valence-corrected chi connectivity index (χ4v) is 2.69. The first-order chi connectivity index (χ1) is 10.1. The van der Waals surface area contributed by atoms with Gasteiger partial charge in [-0.1, -0.05) is 29.8 Å². The molecule has 21 heavy (non-hydrogen) atoms. The van der Waals surface area contributed by atoms with E-state index in [9.17, 15) is 4.79 Å². The zero-order chi connectivity index (χ0) is 15.0. The molecule has 0 amide bonds. The third-order valence-electron chi connectivity index (χ3n) is 3.39.